The molecule has 1 aromatic heterocycles. The quantitative estimate of drug-likeness (QED) is 0.839. The molecule has 1 heterocycles. The summed E-state index contributed by atoms with van der Waals surface area (Å²) in [5.41, 5.74) is -0.0287. The van der Waals surface area contributed by atoms with Crippen LogP contribution in [0.4, 0.5) is 0 Å². The Bertz CT molecular complexity index is 662. The third kappa shape index (κ3) is 2.74. The lowest BCUT2D eigenvalue weighted by Gasteiger charge is -2.05. The summed E-state index contributed by atoms with van der Waals surface area (Å²) in [7, 11) is 1.50. The van der Waals surface area contributed by atoms with Crippen LogP contribution in [0.15, 0.2) is 33.5 Å². The predicted molar refractivity (Wildman–Crippen MR) is 68.5 cm³/mol. The van der Waals surface area contributed by atoms with Gasteiger partial charge >= 0.3 is 0 Å². The van der Waals surface area contributed by atoms with E-state index in [1.165, 1.54) is 7.11 Å². The fraction of sp³-hybridized carbons (Fsp3) is 0.231. The first-order valence-corrected chi connectivity index (χ1v) is 5.66. The molecular weight excluding hydrogens is 250 g/mol. The molecule has 100 valence electrons. The number of aliphatic hydroxyl groups is 1. The number of methoxy groups -OCH3 is 1. The molecule has 0 fully saturated rings. The van der Waals surface area contributed by atoms with E-state index in [1.807, 2.05) is 0 Å². The molecule has 6 nitrogen and oxygen atoms in total. The number of hydrogen-bond acceptors (Lipinski definition) is 5. The van der Waals surface area contributed by atoms with E-state index in [9.17, 15) is 9.59 Å². The maximum absolute atomic E-state index is 11.8. The van der Waals surface area contributed by atoms with E-state index in [4.69, 9.17) is 14.3 Å². The van der Waals surface area contributed by atoms with Crippen molar-refractivity contribution in [3.63, 3.8) is 0 Å². The van der Waals surface area contributed by atoms with E-state index in [-0.39, 0.29) is 29.9 Å². The van der Waals surface area contributed by atoms with Gasteiger partial charge in [0.2, 0.25) is 0 Å². The Morgan fingerprint density at radius 1 is 1.42 bits per heavy atom. The number of carbonyl (C=O) groups excluding carboxylic acids is 1. The summed E-state index contributed by atoms with van der Waals surface area (Å²) in [6.45, 7) is -0.0872. The largest absolute Gasteiger partial charge is 0.497 e. The second kappa shape index (κ2) is 5.53. The Morgan fingerprint density at radius 2 is 2.21 bits per heavy atom. The molecular formula is C13H13NO5. The Hall–Kier alpha value is -2.34. The van der Waals surface area contributed by atoms with Gasteiger partial charge in [-0.05, 0) is 12.1 Å². The van der Waals surface area contributed by atoms with E-state index in [0.29, 0.717) is 11.1 Å². The molecule has 2 N–H and O–H groups in total. The van der Waals surface area contributed by atoms with Gasteiger partial charge in [-0.25, -0.2) is 0 Å². The Labute approximate surface area is 108 Å². The number of rotatable bonds is 4. The molecule has 0 atom stereocenters. The standard InChI is InChI=1S/C13H13NO5/c1-18-8-2-3-9-10(16)7-12(19-11(9)6-8)13(17)14-4-5-15/h2-3,6-7,15H,4-5H2,1H3,(H,14,17). The van der Waals surface area contributed by atoms with Gasteiger partial charge in [-0.2, -0.15) is 0 Å². The van der Waals surface area contributed by atoms with Gasteiger partial charge in [-0.3, -0.25) is 9.59 Å². The van der Waals surface area contributed by atoms with E-state index >= 15 is 0 Å². The van der Waals surface area contributed by atoms with Crippen molar-refractivity contribution in [3.05, 3.63) is 40.2 Å². The molecule has 19 heavy (non-hydrogen) atoms. The normalized spacial score (nSPS) is 10.4. The Kier molecular flexibility index (Phi) is 3.82. The van der Waals surface area contributed by atoms with Crippen molar-refractivity contribution < 1.29 is 19.1 Å². The van der Waals surface area contributed by atoms with E-state index in [0.717, 1.165) is 6.07 Å². The van der Waals surface area contributed by atoms with Crippen molar-refractivity contribution in [2.45, 2.75) is 0 Å². The minimum Gasteiger partial charge on any atom is -0.497 e. The molecule has 0 saturated heterocycles. The van der Waals surface area contributed by atoms with Gasteiger partial charge in [-0.15, -0.1) is 0 Å². The van der Waals surface area contributed by atoms with E-state index in [2.05, 4.69) is 5.32 Å². The van der Waals surface area contributed by atoms with Crippen molar-refractivity contribution in [2.75, 3.05) is 20.3 Å². The van der Waals surface area contributed by atoms with Crippen molar-refractivity contribution in [1.82, 2.24) is 5.32 Å². The second-order valence-electron chi connectivity index (χ2n) is 3.82. The number of carbonyl (C=O) groups is 1. The van der Waals surface area contributed by atoms with Crippen LogP contribution in [0.2, 0.25) is 0 Å². The lowest BCUT2D eigenvalue weighted by Crippen LogP contribution is -2.27. The molecule has 0 radical (unpaired) electrons. The minimum atomic E-state index is -0.545. The number of benzene rings is 1. The second-order valence-corrected chi connectivity index (χ2v) is 3.82. The molecule has 0 saturated carbocycles. The third-order valence-corrected chi connectivity index (χ3v) is 2.56. The van der Waals surface area contributed by atoms with Gasteiger partial charge in [0.1, 0.15) is 11.3 Å². The zero-order valence-corrected chi connectivity index (χ0v) is 10.3. The van der Waals surface area contributed by atoms with Crippen LogP contribution in [0.1, 0.15) is 10.6 Å². The summed E-state index contributed by atoms with van der Waals surface area (Å²) < 4.78 is 10.4. The van der Waals surface area contributed by atoms with Gasteiger partial charge in [0.25, 0.3) is 5.91 Å². The van der Waals surface area contributed by atoms with Crippen LogP contribution >= 0.6 is 0 Å². The zero-order chi connectivity index (χ0) is 13.8. The smallest absolute Gasteiger partial charge is 0.287 e. The number of hydrogen-bond donors (Lipinski definition) is 2. The zero-order valence-electron chi connectivity index (χ0n) is 10.3. The van der Waals surface area contributed by atoms with Gasteiger partial charge in [0, 0.05) is 18.7 Å². The van der Waals surface area contributed by atoms with Gasteiger partial charge < -0.3 is 19.6 Å². The number of ether oxygens (including phenoxy) is 1. The Balaban J connectivity index is 2.47. The number of amides is 1. The molecule has 0 spiro atoms. The Morgan fingerprint density at radius 3 is 2.89 bits per heavy atom. The molecule has 0 bridgehead atoms. The van der Waals surface area contributed by atoms with Crippen molar-refractivity contribution >= 4 is 16.9 Å². The first-order valence-electron chi connectivity index (χ1n) is 5.66. The topological polar surface area (TPSA) is 88.8 Å². The molecule has 6 heteroatoms. The van der Waals surface area contributed by atoms with E-state index < -0.39 is 5.91 Å². The highest BCUT2D eigenvalue weighted by atomic mass is 16.5. The van der Waals surface area contributed by atoms with E-state index in [1.54, 1.807) is 18.2 Å². The van der Waals surface area contributed by atoms with Crippen molar-refractivity contribution in [3.8, 4) is 5.75 Å². The molecule has 0 aliphatic rings. The molecule has 1 aromatic carbocycles. The molecule has 2 aromatic rings. The van der Waals surface area contributed by atoms with Crippen LogP contribution in [0, 0.1) is 0 Å². The maximum Gasteiger partial charge on any atom is 0.287 e. The van der Waals surface area contributed by atoms with Crippen LogP contribution in [0.3, 0.4) is 0 Å². The van der Waals surface area contributed by atoms with Crippen LogP contribution in [0.5, 0.6) is 5.75 Å². The summed E-state index contributed by atoms with van der Waals surface area (Å²) >= 11 is 0. The van der Waals surface area contributed by atoms with Gasteiger partial charge in [0.05, 0.1) is 19.1 Å². The summed E-state index contributed by atoms with van der Waals surface area (Å²) in [5, 5.41) is 11.4. The minimum absolute atomic E-state index is 0.0959. The third-order valence-electron chi connectivity index (χ3n) is 2.56. The summed E-state index contributed by atoms with van der Waals surface area (Å²) in [6.07, 6.45) is 0. The monoisotopic (exact) mass is 263 g/mol. The molecule has 1 amide bonds. The highest BCUT2D eigenvalue weighted by molar-refractivity contribution is 5.93. The summed E-state index contributed by atoms with van der Waals surface area (Å²) in [5.74, 6) is -0.112. The number of aliphatic hydroxyl groups excluding tert-OH is 1. The highest BCUT2D eigenvalue weighted by Gasteiger charge is 2.12. The first kappa shape index (κ1) is 13.1. The maximum atomic E-state index is 11.8. The lowest BCUT2D eigenvalue weighted by molar-refractivity contribution is 0.0917. The van der Waals surface area contributed by atoms with Crippen LogP contribution in [0.25, 0.3) is 11.0 Å². The molecule has 0 aliphatic carbocycles. The predicted octanol–water partition coefficient (Wildman–Crippen LogP) is 0.524. The number of nitrogens with one attached hydrogen (secondary N) is 1. The lowest BCUT2D eigenvalue weighted by atomic mass is 10.2. The van der Waals surface area contributed by atoms with Crippen molar-refractivity contribution in [1.29, 1.82) is 0 Å². The summed E-state index contributed by atoms with van der Waals surface area (Å²) in [4.78, 5) is 23.5. The summed E-state index contributed by atoms with van der Waals surface area (Å²) in [6, 6.07) is 5.89. The van der Waals surface area contributed by atoms with Gasteiger partial charge in [-0.1, -0.05) is 0 Å². The fourth-order valence-electron chi connectivity index (χ4n) is 1.63. The van der Waals surface area contributed by atoms with Crippen LogP contribution in [-0.4, -0.2) is 31.3 Å². The average Bonchev–Trinajstić information content (AvgIpc) is 2.43. The molecule has 0 aliphatic heterocycles. The van der Waals surface area contributed by atoms with Crippen molar-refractivity contribution in [2.24, 2.45) is 0 Å². The molecule has 0 unspecified atom stereocenters. The highest BCUT2D eigenvalue weighted by Crippen LogP contribution is 2.19. The number of fused-ring (bicyclic) bond motifs is 1. The average molecular weight is 263 g/mol. The SMILES string of the molecule is COc1ccc2c(=O)cc(C(=O)NCCO)oc2c1. The van der Waals surface area contributed by atoms with Crippen LogP contribution in [-0.2, 0) is 0 Å². The fourth-order valence-corrected chi connectivity index (χ4v) is 1.63. The van der Waals surface area contributed by atoms with Gasteiger partial charge in [0.15, 0.2) is 11.2 Å². The first-order chi connectivity index (χ1) is 9.15. The van der Waals surface area contributed by atoms with Crippen LogP contribution < -0.4 is 15.5 Å². The molecule has 2 rings (SSSR count).